The molecule has 0 saturated carbocycles. The minimum atomic E-state index is -0.399. The third-order valence-electron chi connectivity index (χ3n) is 2.26. The molecule has 1 heterocycles. The fourth-order valence-electron chi connectivity index (χ4n) is 1.41. The summed E-state index contributed by atoms with van der Waals surface area (Å²) in [6, 6.07) is 10.2. The average Bonchev–Trinajstić information content (AvgIpc) is 2.38. The SMILES string of the molecule is O=[N+]([O-])c1cccc(/C=C/c2ccncc2)c1. The van der Waals surface area contributed by atoms with Gasteiger partial charge in [0.15, 0.2) is 0 Å². The van der Waals surface area contributed by atoms with Crippen LogP contribution in [0.2, 0.25) is 0 Å². The van der Waals surface area contributed by atoms with Crippen molar-refractivity contribution in [1.29, 1.82) is 0 Å². The van der Waals surface area contributed by atoms with Crippen LogP contribution in [0, 0.1) is 10.1 Å². The van der Waals surface area contributed by atoms with Gasteiger partial charge < -0.3 is 0 Å². The second-order valence-corrected chi connectivity index (χ2v) is 3.47. The molecule has 0 N–H and O–H groups in total. The van der Waals surface area contributed by atoms with Crippen molar-refractivity contribution in [3.63, 3.8) is 0 Å². The number of aromatic nitrogens is 1. The molecule has 0 amide bonds. The zero-order chi connectivity index (χ0) is 12.1. The molecule has 0 fully saturated rings. The van der Waals surface area contributed by atoms with Crippen molar-refractivity contribution in [2.75, 3.05) is 0 Å². The number of hydrogen-bond donors (Lipinski definition) is 0. The zero-order valence-electron chi connectivity index (χ0n) is 8.98. The Morgan fingerprint density at radius 3 is 2.47 bits per heavy atom. The van der Waals surface area contributed by atoms with E-state index in [2.05, 4.69) is 4.98 Å². The molecule has 0 atom stereocenters. The van der Waals surface area contributed by atoms with Gasteiger partial charge in [0.2, 0.25) is 0 Å². The number of pyridine rings is 1. The summed E-state index contributed by atoms with van der Waals surface area (Å²) in [6.07, 6.45) is 7.13. The van der Waals surface area contributed by atoms with Crippen LogP contribution < -0.4 is 0 Å². The second kappa shape index (κ2) is 5.03. The van der Waals surface area contributed by atoms with Crippen LogP contribution in [0.5, 0.6) is 0 Å². The van der Waals surface area contributed by atoms with Crippen LogP contribution in [-0.2, 0) is 0 Å². The predicted molar refractivity (Wildman–Crippen MR) is 66.3 cm³/mol. The number of non-ortho nitro benzene ring substituents is 1. The van der Waals surface area contributed by atoms with E-state index < -0.39 is 4.92 Å². The third-order valence-corrected chi connectivity index (χ3v) is 2.26. The summed E-state index contributed by atoms with van der Waals surface area (Å²) in [5.74, 6) is 0. The van der Waals surface area contributed by atoms with Crippen LogP contribution in [0.4, 0.5) is 5.69 Å². The summed E-state index contributed by atoms with van der Waals surface area (Å²) in [4.78, 5) is 14.1. The van der Waals surface area contributed by atoms with E-state index in [-0.39, 0.29) is 5.69 Å². The molecule has 2 aromatic rings. The topological polar surface area (TPSA) is 56.0 Å². The zero-order valence-corrected chi connectivity index (χ0v) is 8.98. The molecule has 4 heteroatoms. The molecule has 17 heavy (non-hydrogen) atoms. The van der Waals surface area contributed by atoms with Gasteiger partial charge in [0.25, 0.3) is 5.69 Å². The smallest absolute Gasteiger partial charge is 0.265 e. The lowest BCUT2D eigenvalue weighted by atomic mass is 10.1. The molecule has 0 spiro atoms. The standard InChI is InChI=1S/C13H10N2O2/c16-15(17)13-3-1-2-12(10-13)5-4-11-6-8-14-9-7-11/h1-10H/b5-4+. The summed E-state index contributed by atoms with van der Waals surface area (Å²) in [6.45, 7) is 0. The van der Waals surface area contributed by atoms with Crippen molar-refractivity contribution in [1.82, 2.24) is 4.98 Å². The van der Waals surface area contributed by atoms with Gasteiger partial charge in [-0.2, -0.15) is 0 Å². The van der Waals surface area contributed by atoms with Crippen molar-refractivity contribution >= 4 is 17.8 Å². The van der Waals surface area contributed by atoms with Gasteiger partial charge in [-0.15, -0.1) is 0 Å². The highest BCUT2D eigenvalue weighted by Gasteiger charge is 2.03. The first-order valence-corrected chi connectivity index (χ1v) is 5.08. The molecule has 0 bridgehead atoms. The van der Waals surface area contributed by atoms with Crippen molar-refractivity contribution in [3.8, 4) is 0 Å². The van der Waals surface area contributed by atoms with E-state index in [1.54, 1.807) is 18.5 Å². The first-order valence-electron chi connectivity index (χ1n) is 5.08. The quantitative estimate of drug-likeness (QED) is 0.596. The van der Waals surface area contributed by atoms with Gasteiger partial charge in [-0.1, -0.05) is 24.3 Å². The maximum absolute atomic E-state index is 10.6. The molecule has 0 radical (unpaired) electrons. The molecular formula is C13H10N2O2. The van der Waals surface area contributed by atoms with Gasteiger partial charge in [0, 0.05) is 24.5 Å². The summed E-state index contributed by atoms with van der Waals surface area (Å²) in [5.41, 5.74) is 1.91. The molecule has 0 unspecified atom stereocenters. The molecule has 84 valence electrons. The Balaban J connectivity index is 2.22. The van der Waals surface area contributed by atoms with Gasteiger partial charge in [0.05, 0.1) is 4.92 Å². The van der Waals surface area contributed by atoms with Gasteiger partial charge in [0.1, 0.15) is 0 Å². The Morgan fingerprint density at radius 2 is 1.76 bits per heavy atom. The lowest BCUT2D eigenvalue weighted by Gasteiger charge is -1.94. The lowest BCUT2D eigenvalue weighted by Crippen LogP contribution is -1.87. The molecule has 1 aromatic carbocycles. The Bertz CT molecular complexity index is 550. The van der Waals surface area contributed by atoms with Crippen LogP contribution in [-0.4, -0.2) is 9.91 Å². The number of benzene rings is 1. The Kier molecular flexibility index (Phi) is 3.25. The molecule has 0 aliphatic carbocycles. The molecule has 0 aliphatic rings. The van der Waals surface area contributed by atoms with E-state index in [1.807, 2.05) is 30.4 Å². The average molecular weight is 226 g/mol. The summed E-state index contributed by atoms with van der Waals surface area (Å²) in [7, 11) is 0. The fraction of sp³-hybridized carbons (Fsp3) is 0. The maximum atomic E-state index is 10.6. The summed E-state index contributed by atoms with van der Waals surface area (Å²) >= 11 is 0. The first kappa shape index (κ1) is 11.0. The minimum absolute atomic E-state index is 0.0990. The molecule has 0 saturated heterocycles. The van der Waals surface area contributed by atoms with Crippen LogP contribution >= 0.6 is 0 Å². The Morgan fingerprint density at radius 1 is 1.06 bits per heavy atom. The normalized spacial score (nSPS) is 10.6. The van der Waals surface area contributed by atoms with Crippen LogP contribution in [0.1, 0.15) is 11.1 Å². The molecular weight excluding hydrogens is 216 g/mol. The highest BCUT2D eigenvalue weighted by molar-refractivity contribution is 5.70. The largest absolute Gasteiger partial charge is 0.270 e. The van der Waals surface area contributed by atoms with Gasteiger partial charge in [-0.25, -0.2) is 0 Å². The second-order valence-electron chi connectivity index (χ2n) is 3.47. The molecule has 0 aliphatic heterocycles. The van der Waals surface area contributed by atoms with Gasteiger partial charge >= 0.3 is 0 Å². The first-order chi connectivity index (χ1) is 8.25. The van der Waals surface area contributed by atoms with Crippen molar-refractivity contribution in [3.05, 3.63) is 70.0 Å². The van der Waals surface area contributed by atoms with E-state index in [4.69, 9.17) is 0 Å². The Labute approximate surface area is 98.4 Å². The maximum Gasteiger partial charge on any atom is 0.270 e. The predicted octanol–water partition coefficient (Wildman–Crippen LogP) is 3.16. The number of nitro benzene ring substituents is 1. The van der Waals surface area contributed by atoms with E-state index in [1.165, 1.54) is 12.1 Å². The fourth-order valence-corrected chi connectivity index (χ4v) is 1.41. The molecule has 2 rings (SSSR count). The van der Waals surface area contributed by atoms with E-state index in [9.17, 15) is 10.1 Å². The molecule has 1 aromatic heterocycles. The third kappa shape index (κ3) is 2.98. The molecule has 4 nitrogen and oxygen atoms in total. The van der Waals surface area contributed by atoms with Crippen molar-refractivity contribution in [2.24, 2.45) is 0 Å². The van der Waals surface area contributed by atoms with Gasteiger partial charge in [-0.3, -0.25) is 15.1 Å². The highest BCUT2D eigenvalue weighted by Crippen LogP contribution is 2.15. The summed E-state index contributed by atoms with van der Waals surface area (Å²) in [5, 5.41) is 10.6. The van der Waals surface area contributed by atoms with E-state index >= 15 is 0 Å². The minimum Gasteiger partial charge on any atom is -0.265 e. The highest BCUT2D eigenvalue weighted by atomic mass is 16.6. The Hall–Kier alpha value is -2.49. The lowest BCUT2D eigenvalue weighted by molar-refractivity contribution is -0.384. The van der Waals surface area contributed by atoms with Crippen LogP contribution in [0.3, 0.4) is 0 Å². The van der Waals surface area contributed by atoms with E-state index in [0.29, 0.717) is 0 Å². The van der Waals surface area contributed by atoms with Crippen LogP contribution in [0.15, 0.2) is 48.8 Å². The summed E-state index contributed by atoms with van der Waals surface area (Å²) < 4.78 is 0. The van der Waals surface area contributed by atoms with E-state index in [0.717, 1.165) is 11.1 Å². The van der Waals surface area contributed by atoms with Crippen LogP contribution in [0.25, 0.3) is 12.2 Å². The number of nitro groups is 1. The number of nitrogens with zero attached hydrogens (tertiary/aromatic N) is 2. The number of rotatable bonds is 3. The number of hydrogen-bond acceptors (Lipinski definition) is 3. The van der Waals surface area contributed by atoms with Gasteiger partial charge in [-0.05, 0) is 23.3 Å². The van der Waals surface area contributed by atoms with Crippen molar-refractivity contribution in [2.45, 2.75) is 0 Å². The monoisotopic (exact) mass is 226 g/mol. The van der Waals surface area contributed by atoms with Crippen molar-refractivity contribution < 1.29 is 4.92 Å².